The number of hydrogen-bond donors (Lipinski definition) is 2. The molecule has 2 aromatic carbocycles. The largest absolute Gasteiger partial charge is 0.497 e. The van der Waals surface area contributed by atoms with Crippen molar-refractivity contribution in [3.05, 3.63) is 83.6 Å². The fourth-order valence-corrected chi connectivity index (χ4v) is 3.72. The van der Waals surface area contributed by atoms with Crippen LogP contribution in [0.15, 0.2) is 72.9 Å². The van der Waals surface area contributed by atoms with E-state index in [1.165, 1.54) is 0 Å². The van der Waals surface area contributed by atoms with E-state index >= 15 is 0 Å². The minimum Gasteiger partial charge on any atom is -0.497 e. The Kier molecular flexibility index (Phi) is 5.50. The number of nitrogens with two attached hydrogens (primary N) is 1. The number of benzene rings is 2. The molecule has 0 aliphatic carbocycles. The lowest BCUT2D eigenvalue weighted by molar-refractivity contribution is 0.414. The fraction of sp³-hybridized carbons (Fsp3) is 0.0833. The maximum Gasteiger partial charge on any atom is 0.225 e. The SMILES string of the molecule is COc1ccc(-n2nc3nc(NCc4ccccn4)nc(-c4cccc(Cl)c4)c3c2N)cc1. The van der Waals surface area contributed by atoms with Crippen LogP contribution in [0.2, 0.25) is 5.02 Å². The van der Waals surface area contributed by atoms with Gasteiger partial charge in [-0.3, -0.25) is 4.98 Å². The van der Waals surface area contributed by atoms with Crippen molar-refractivity contribution in [2.24, 2.45) is 0 Å². The summed E-state index contributed by atoms with van der Waals surface area (Å²) in [6.07, 6.45) is 1.75. The molecule has 3 N–H and O–H groups in total. The molecule has 3 aromatic heterocycles. The van der Waals surface area contributed by atoms with Crippen LogP contribution < -0.4 is 15.8 Å². The molecule has 0 fully saturated rings. The summed E-state index contributed by atoms with van der Waals surface area (Å²) >= 11 is 6.27. The number of rotatable bonds is 6. The Morgan fingerprint density at radius 1 is 1.03 bits per heavy atom. The molecule has 0 saturated heterocycles. The van der Waals surface area contributed by atoms with Crippen molar-refractivity contribution < 1.29 is 4.74 Å². The van der Waals surface area contributed by atoms with Crippen LogP contribution in [0, 0.1) is 0 Å². The molecule has 164 valence electrons. The van der Waals surface area contributed by atoms with Crippen molar-refractivity contribution in [1.82, 2.24) is 24.7 Å². The lowest BCUT2D eigenvalue weighted by atomic mass is 10.1. The highest BCUT2D eigenvalue weighted by molar-refractivity contribution is 6.30. The van der Waals surface area contributed by atoms with Crippen LogP contribution in [0.4, 0.5) is 11.8 Å². The van der Waals surface area contributed by atoms with Gasteiger partial charge in [0.25, 0.3) is 0 Å². The van der Waals surface area contributed by atoms with E-state index < -0.39 is 0 Å². The van der Waals surface area contributed by atoms with Crippen molar-refractivity contribution >= 4 is 34.4 Å². The third-order valence-electron chi connectivity index (χ3n) is 5.14. The number of methoxy groups -OCH3 is 1. The van der Waals surface area contributed by atoms with E-state index in [2.05, 4.69) is 20.4 Å². The number of nitrogen functional groups attached to an aromatic ring is 1. The molecule has 0 atom stereocenters. The number of nitrogens with one attached hydrogen (secondary N) is 1. The molecule has 3 heterocycles. The third kappa shape index (κ3) is 4.16. The van der Waals surface area contributed by atoms with Crippen LogP contribution in [0.5, 0.6) is 5.75 Å². The van der Waals surface area contributed by atoms with Gasteiger partial charge in [-0.1, -0.05) is 29.8 Å². The zero-order valence-electron chi connectivity index (χ0n) is 17.7. The first-order valence-electron chi connectivity index (χ1n) is 10.2. The number of pyridine rings is 1. The summed E-state index contributed by atoms with van der Waals surface area (Å²) in [5.74, 6) is 1.60. The molecule has 9 heteroatoms. The number of aromatic nitrogens is 5. The molecule has 5 rings (SSSR count). The molecule has 0 amide bonds. The van der Waals surface area contributed by atoms with Gasteiger partial charge in [-0.15, -0.1) is 5.10 Å². The summed E-state index contributed by atoms with van der Waals surface area (Å²) in [5, 5.41) is 9.16. The van der Waals surface area contributed by atoms with Gasteiger partial charge >= 0.3 is 0 Å². The number of halogens is 1. The monoisotopic (exact) mass is 457 g/mol. The van der Waals surface area contributed by atoms with Gasteiger partial charge in [0, 0.05) is 16.8 Å². The van der Waals surface area contributed by atoms with E-state index in [0.29, 0.717) is 40.1 Å². The molecule has 0 aliphatic heterocycles. The topological polar surface area (TPSA) is 104 Å². The van der Waals surface area contributed by atoms with Crippen molar-refractivity contribution in [3.63, 3.8) is 0 Å². The Balaban J connectivity index is 1.64. The first kappa shape index (κ1) is 20.7. The molecular weight excluding hydrogens is 438 g/mol. The van der Waals surface area contributed by atoms with Crippen LogP contribution in [-0.2, 0) is 6.54 Å². The Hall–Kier alpha value is -4.17. The van der Waals surface area contributed by atoms with Gasteiger partial charge < -0.3 is 15.8 Å². The van der Waals surface area contributed by atoms with Gasteiger partial charge in [-0.2, -0.15) is 4.98 Å². The van der Waals surface area contributed by atoms with E-state index in [4.69, 9.17) is 27.1 Å². The number of ether oxygens (including phenoxy) is 1. The molecule has 8 nitrogen and oxygen atoms in total. The standard InChI is InChI=1S/C24H20ClN7O/c1-33-19-10-8-18(9-11-19)32-22(26)20-21(15-5-4-6-16(25)13-15)29-24(30-23(20)31-32)28-14-17-7-2-3-12-27-17/h2-13H,14,26H2,1H3,(H,28,30,31). The quantitative estimate of drug-likeness (QED) is 0.379. The molecular formula is C24H20ClN7O. The minimum absolute atomic E-state index is 0.419. The summed E-state index contributed by atoms with van der Waals surface area (Å²) in [6, 6.07) is 20.7. The van der Waals surface area contributed by atoms with E-state index in [9.17, 15) is 0 Å². The normalized spacial score (nSPS) is 11.0. The van der Waals surface area contributed by atoms with Crippen LogP contribution in [0.3, 0.4) is 0 Å². The van der Waals surface area contributed by atoms with E-state index in [1.54, 1.807) is 18.0 Å². The molecule has 0 saturated carbocycles. The molecule has 5 aromatic rings. The first-order valence-corrected chi connectivity index (χ1v) is 10.6. The third-order valence-corrected chi connectivity index (χ3v) is 5.37. The Morgan fingerprint density at radius 2 is 1.88 bits per heavy atom. The number of hydrogen-bond acceptors (Lipinski definition) is 7. The molecule has 0 aliphatic rings. The molecule has 0 bridgehead atoms. The molecule has 0 radical (unpaired) electrons. The van der Waals surface area contributed by atoms with Crippen molar-refractivity contribution in [2.75, 3.05) is 18.2 Å². The molecule has 0 unspecified atom stereocenters. The second-order valence-electron chi connectivity index (χ2n) is 7.27. The lowest BCUT2D eigenvalue weighted by Gasteiger charge is -2.09. The van der Waals surface area contributed by atoms with E-state index in [-0.39, 0.29) is 0 Å². The zero-order valence-corrected chi connectivity index (χ0v) is 18.5. The predicted molar refractivity (Wildman–Crippen MR) is 130 cm³/mol. The van der Waals surface area contributed by atoms with Gasteiger partial charge in [-0.25, -0.2) is 9.67 Å². The summed E-state index contributed by atoms with van der Waals surface area (Å²) in [6.45, 7) is 0.468. The second kappa shape index (κ2) is 8.76. The van der Waals surface area contributed by atoms with Gasteiger partial charge in [0.2, 0.25) is 5.95 Å². The van der Waals surface area contributed by atoms with Crippen LogP contribution >= 0.6 is 11.6 Å². The van der Waals surface area contributed by atoms with Crippen molar-refractivity contribution in [1.29, 1.82) is 0 Å². The van der Waals surface area contributed by atoms with Crippen molar-refractivity contribution in [3.8, 4) is 22.7 Å². The average molecular weight is 458 g/mol. The van der Waals surface area contributed by atoms with Gasteiger partial charge in [0.05, 0.1) is 36.1 Å². The fourth-order valence-electron chi connectivity index (χ4n) is 3.53. The zero-order chi connectivity index (χ0) is 22.8. The maximum absolute atomic E-state index is 6.56. The highest BCUT2D eigenvalue weighted by atomic mass is 35.5. The van der Waals surface area contributed by atoms with E-state index in [0.717, 1.165) is 22.7 Å². The second-order valence-corrected chi connectivity index (χ2v) is 7.71. The predicted octanol–water partition coefficient (Wildman–Crippen LogP) is 4.73. The molecule has 0 spiro atoms. The summed E-state index contributed by atoms with van der Waals surface area (Å²) in [4.78, 5) is 13.7. The van der Waals surface area contributed by atoms with Crippen LogP contribution in [0.25, 0.3) is 28.0 Å². The van der Waals surface area contributed by atoms with Gasteiger partial charge in [0.1, 0.15) is 11.6 Å². The van der Waals surface area contributed by atoms with E-state index in [1.807, 2.05) is 66.7 Å². The van der Waals surface area contributed by atoms with Gasteiger partial charge in [-0.05, 0) is 48.5 Å². The first-order chi connectivity index (χ1) is 16.1. The Labute approximate surface area is 195 Å². The Bertz CT molecular complexity index is 1420. The number of fused-ring (bicyclic) bond motifs is 1. The Morgan fingerprint density at radius 3 is 2.61 bits per heavy atom. The highest BCUT2D eigenvalue weighted by Gasteiger charge is 2.19. The highest BCUT2D eigenvalue weighted by Crippen LogP contribution is 2.34. The van der Waals surface area contributed by atoms with Crippen LogP contribution in [-0.4, -0.2) is 31.8 Å². The minimum atomic E-state index is 0.419. The summed E-state index contributed by atoms with van der Waals surface area (Å²) in [5.41, 5.74) is 10.1. The number of nitrogens with zero attached hydrogens (tertiary/aromatic N) is 5. The van der Waals surface area contributed by atoms with Crippen LogP contribution in [0.1, 0.15) is 5.69 Å². The molecule has 33 heavy (non-hydrogen) atoms. The number of anilines is 2. The lowest BCUT2D eigenvalue weighted by Crippen LogP contribution is -2.06. The maximum atomic E-state index is 6.56. The average Bonchev–Trinajstić information content (AvgIpc) is 3.19. The smallest absolute Gasteiger partial charge is 0.225 e. The van der Waals surface area contributed by atoms with Crippen molar-refractivity contribution in [2.45, 2.75) is 6.54 Å². The van der Waals surface area contributed by atoms with Gasteiger partial charge in [0.15, 0.2) is 5.65 Å². The summed E-state index contributed by atoms with van der Waals surface area (Å²) < 4.78 is 6.90. The summed E-state index contributed by atoms with van der Waals surface area (Å²) in [7, 11) is 1.62.